The summed E-state index contributed by atoms with van der Waals surface area (Å²) in [5, 5.41) is 3.90. The van der Waals surface area contributed by atoms with E-state index in [9.17, 15) is 13.2 Å². The summed E-state index contributed by atoms with van der Waals surface area (Å²) in [6, 6.07) is 15.7. The van der Waals surface area contributed by atoms with Crippen molar-refractivity contribution in [3.8, 4) is 5.75 Å². The Labute approximate surface area is 148 Å². The van der Waals surface area contributed by atoms with E-state index in [0.29, 0.717) is 6.54 Å². The van der Waals surface area contributed by atoms with Gasteiger partial charge in [-0.3, -0.25) is 5.01 Å². The van der Waals surface area contributed by atoms with Crippen molar-refractivity contribution in [3.05, 3.63) is 78.1 Å². The van der Waals surface area contributed by atoms with Gasteiger partial charge in [-0.1, -0.05) is 30.3 Å². The summed E-state index contributed by atoms with van der Waals surface area (Å²) in [5.74, 6) is 0.533. The molecule has 2 heterocycles. The third-order valence-electron chi connectivity index (χ3n) is 4.01. The van der Waals surface area contributed by atoms with Gasteiger partial charge in [0.1, 0.15) is 11.6 Å². The smallest absolute Gasteiger partial charge is 0.406 e. The molecular weight excluding hydrogens is 343 g/mol. The minimum absolute atomic E-state index is 0.246. The molecule has 2 aliphatic heterocycles. The molecule has 0 aromatic heterocycles. The highest BCUT2D eigenvalue weighted by Gasteiger charge is 2.32. The topological polar surface area (TPSA) is 28.1 Å². The quantitative estimate of drug-likeness (QED) is 0.804. The fourth-order valence-corrected chi connectivity index (χ4v) is 2.94. The van der Waals surface area contributed by atoms with Crippen LogP contribution in [0.15, 0.2) is 77.6 Å². The van der Waals surface area contributed by atoms with Crippen LogP contribution in [0.1, 0.15) is 5.56 Å². The molecule has 0 unspecified atom stereocenters. The third-order valence-corrected chi connectivity index (χ3v) is 4.01. The van der Waals surface area contributed by atoms with E-state index in [2.05, 4.69) is 9.73 Å². The molecule has 4 rings (SSSR count). The van der Waals surface area contributed by atoms with Crippen molar-refractivity contribution in [1.29, 1.82) is 0 Å². The second kappa shape index (κ2) is 6.25. The van der Waals surface area contributed by atoms with E-state index in [0.717, 1.165) is 22.8 Å². The number of hydrogen-bond acceptors (Lipinski definition) is 4. The molecule has 0 saturated carbocycles. The molecule has 2 aromatic carbocycles. The minimum atomic E-state index is -4.70. The monoisotopic (exact) mass is 357 g/mol. The van der Waals surface area contributed by atoms with Crippen LogP contribution in [0.4, 0.5) is 18.9 Å². The number of hydrazine groups is 1. The van der Waals surface area contributed by atoms with Gasteiger partial charge in [-0.2, -0.15) is 0 Å². The molecule has 0 radical (unpaired) electrons. The normalized spacial score (nSPS) is 16.3. The lowest BCUT2D eigenvalue weighted by molar-refractivity contribution is -0.274. The van der Waals surface area contributed by atoms with Crippen LogP contribution in [0.2, 0.25) is 0 Å². The highest BCUT2D eigenvalue weighted by molar-refractivity contribution is 5.88. The van der Waals surface area contributed by atoms with E-state index in [-0.39, 0.29) is 5.75 Å². The molecule has 0 saturated heterocycles. The highest BCUT2D eigenvalue weighted by Crippen LogP contribution is 2.36. The van der Waals surface area contributed by atoms with Crippen molar-refractivity contribution < 1.29 is 17.9 Å². The van der Waals surface area contributed by atoms with Crippen molar-refractivity contribution in [1.82, 2.24) is 5.01 Å². The van der Waals surface area contributed by atoms with Crippen LogP contribution in [0.3, 0.4) is 0 Å². The van der Waals surface area contributed by atoms with Gasteiger partial charge in [-0.05, 0) is 36.4 Å². The number of aliphatic imine (C=N–C) groups is 1. The molecule has 7 heteroatoms. The molecule has 0 N–H and O–H groups in total. The van der Waals surface area contributed by atoms with E-state index in [1.807, 2.05) is 52.5 Å². The average molecular weight is 357 g/mol. The number of halogens is 3. The molecule has 26 heavy (non-hydrogen) atoms. The average Bonchev–Trinajstić information content (AvgIpc) is 3.06. The van der Waals surface area contributed by atoms with Crippen molar-refractivity contribution in [2.24, 2.45) is 4.99 Å². The number of ether oxygens (including phenoxy) is 1. The number of hydrogen-bond donors (Lipinski definition) is 0. The summed E-state index contributed by atoms with van der Waals surface area (Å²) in [6.45, 7) is 0.566. The zero-order valence-electron chi connectivity index (χ0n) is 13.5. The number of benzene rings is 2. The Morgan fingerprint density at radius 3 is 2.38 bits per heavy atom. The molecule has 0 amide bonds. The number of allylic oxidation sites excluding steroid dienone is 1. The number of fused-ring (bicyclic) bond motifs is 1. The van der Waals surface area contributed by atoms with Gasteiger partial charge >= 0.3 is 6.36 Å². The third kappa shape index (κ3) is 3.15. The van der Waals surface area contributed by atoms with Crippen molar-refractivity contribution in [2.75, 3.05) is 11.6 Å². The number of nitrogens with zero attached hydrogens (tertiary/aromatic N) is 3. The first-order valence-electron chi connectivity index (χ1n) is 7.95. The zero-order chi connectivity index (χ0) is 18.1. The van der Waals surface area contributed by atoms with Gasteiger partial charge in [0.05, 0.1) is 17.9 Å². The first-order valence-corrected chi connectivity index (χ1v) is 7.95. The predicted molar refractivity (Wildman–Crippen MR) is 93.3 cm³/mol. The Morgan fingerprint density at radius 1 is 0.962 bits per heavy atom. The van der Waals surface area contributed by atoms with E-state index in [4.69, 9.17) is 0 Å². The van der Waals surface area contributed by atoms with E-state index in [1.165, 1.54) is 12.1 Å². The largest absolute Gasteiger partial charge is 0.573 e. The Hall–Kier alpha value is -3.22. The first kappa shape index (κ1) is 16.3. The molecule has 0 atom stereocenters. The number of anilines is 1. The van der Waals surface area contributed by atoms with Gasteiger partial charge in [0, 0.05) is 11.8 Å². The SMILES string of the molecule is FC(F)(F)Oc1ccc(N2CC=C3N=CC=C(c4ccccc4)N32)cc1. The fraction of sp³-hybridized carbons (Fsp3) is 0.105. The van der Waals surface area contributed by atoms with Crippen LogP contribution in [0, 0.1) is 0 Å². The summed E-state index contributed by atoms with van der Waals surface area (Å²) in [6.07, 6.45) is 0.918. The first-order chi connectivity index (χ1) is 12.5. The van der Waals surface area contributed by atoms with Crippen LogP contribution in [-0.4, -0.2) is 24.1 Å². The van der Waals surface area contributed by atoms with Gasteiger partial charge in [0.2, 0.25) is 0 Å². The van der Waals surface area contributed by atoms with Gasteiger partial charge in [-0.15, -0.1) is 13.2 Å². The van der Waals surface area contributed by atoms with E-state index in [1.54, 1.807) is 18.3 Å². The summed E-state index contributed by atoms with van der Waals surface area (Å²) in [5.41, 5.74) is 2.71. The summed E-state index contributed by atoms with van der Waals surface area (Å²) >= 11 is 0. The number of rotatable bonds is 3. The van der Waals surface area contributed by atoms with Crippen molar-refractivity contribution >= 4 is 17.6 Å². The van der Waals surface area contributed by atoms with Gasteiger partial charge < -0.3 is 4.74 Å². The lowest BCUT2D eigenvalue weighted by Gasteiger charge is -2.35. The van der Waals surface area contributed by atoms with Crippen molar-refractivity contribution in [2.45, 2.75) is 6.36 Å². The molecular formula is C19H14F3N3O. The summed E-state index contributed by atoms with van der Waals surface area (Å²) in [7, 11) is 0. The van der Waals surface area contributed by atoms with Gasteiger partial charge in [0.25, 0.3) is 0 Å². The van der Waals surface area contributed by atoms with E-state index < -0.39 is 6.36 Å². The van der Waals surface area contributed by atoms with Crippen LogP contribution in [0.25, 0.3) is 5.70 Å². The maximum absolute atomic E-state index is 12.3. The molecule has 0 bridgehead atoms. The lowest BCUT2D eigenvalue weighted by Crippen LogP contribution is -2.37. The highest BCUT2D eigenvalue weighted by atomic mass is 19.4. The second-order valence-corrected chi connectivity index (χ2v) is 5.69. The van der Waals surface area contributed by atoms with Gasteiger partial charge in [-0.25, -0.2) is 10.0 Å². The van der Waals surface area contributed by atoms with E-state index >= 15 is 0 Å². The Kier molecular flexibility index (Phi) is 3.91. The van der Waals surface area contributed by atoms with Crippen LogP contribution >= 0.6 is 0 Å². The van der Waals surface area contributed by atoms with Gasteiger partial charge in [0.15, 0.2) is 0 Å². The zero-order valence-corrected chi connectivity index (χ0v) is 13.5. The molecule has 0 fully saturated rings. The molecule has 0 aliphatic carbocycles. The maximum atomic E-state index is 12.3. The predicted octanol–water partition coefficient (Wildman–Crippen LogP) is 4.59. The standard InChI is InChI=1S/C19H14F3N3O/c20-19(21,22)26-16-8-6-15(7-9-16)24-13-11-18-23-12-10-17(25(18)24)14-4-2-1-3-5-14/h1-12H,13H2. The Balaban J connectivity index is 1.62. The lowest BCUT2D eigenvalue weighted by atomic mass is 10.1. The maximum Gasteiger partial charge on any atom is 0.573 e. The Morgan fingerprint density at radius 2 is 1.69 bits per heavy atom. The van der Waals surface area contributed by atoms with Crippen LogP contribution < -0.4 is 9.75 Å². The molecule has 132 valence electrons. The number of alkyl halides is 3. The van der Waals surface area contributed by atoms with Crippen LogP contribution in [-0.2, 0) is 0 Å². The Bertz CT molecular complexity index is 886. The summed E-state index contributed by atoms with van der Waals surface area (Å²) < 4.78 is 40.9. The van der Waals surface area contributed by atoms with Crippen molar-refractivity contribution in [3.63, 3.8) is 0 Å². The molecule has 4 nitrogen and oxygen atoms in total. The fourth-order valence-electron chi connectivity index (χ4n) is 2.94. The van der Waals surface area contributed by atoms with Crippen LogP contribution in [0.5, 0.6) is 5.75 Å². The minimum Gasteiger partial charge on any atom is -0.406 e. The summed E-state index contributed by atoms with van der Waals surface area (Å²) in [4.78, 5) is 4.38. The molecule has 0 spiro atoms. The molecule has 2 aliphatic rings. The second-order valence-electron chi connectivity index (χ2n) is 5.69. The molecule has 2 aromatic rings.